The highest BCUT2D eigenvalue weighted by Crippen LogP contribution is 2.29. The summed E-state index contributed by atoms with van der Waals surface area (Å²) in [5.41, 5.74) is 2.97. The summed E-state index contributed by atoms with van der Waals surface area (Å²) in [6, 6.07) is 6.47. The highest BCUT2D eigenvalue weighted by Gasteiger charge is 2.13. The van der Waals surface area contributed by atoms with Crippen LogP contribution in [0.3, 0.4) is 0 Å². The van der Waals surface area contributed by atoms with E-state index < -0.39 is 0 Å². The lowest BCUT2D eigenvalue weighted by molar-refractivity contribution is 0.312. The van der Waals surface area contributed by atoms with E-state index in [9.17, 15) is 0 Å². The predicted octanol–water partition coefficient (Wildman–Crippen LogP) is 3.35. The van der Waals surface area contributed by atoms with Gasteiger partial charge < -0.3 is 4.74 Å². The van der Waals surface area contributed by atoms with Crippen LogP contribution in [-0.4, -0.2) is 6.61 Å². The maximum atomic E-state index is 5.75. The Morgan fingerprint density at radius 1 is 1.21 bits per heavy atom. The lowest BCUT2D eigenvalue weighted by Crippen LogP contribution is -2.06. The highest BCUT2D eigenvalue weighted by molar-refractivity contribution is 5.41. The lowest BCUT2D eigenvalue weighted by atomic mass is 9.91. The number of fused-ring (bicyclic) bond motifs is 1. The van der Waals surface area contributed by atoms with Crippen LogP contribution in [0.5, 0.6) is 5.75 Å². The molecule has 0 fully saturated rings. The molecule has 0 unspecified atom stereocenters. The zero-order valence-electron chi connectivity index (χ0n) is 8.88. The van der Waals surface area contributed by atoms with Crippen molar-refractivity contribution >= 4 is 0 Å². The van der Waals surface area contributed by atoms with Gasteiger partial charge >= 0.3 is 0 Å². The Labute approximate surface area is 86.1 Å². The average Bonchev–Trinajstić information content (AvgIpc) is 2.26. The molecule has 1 heteroatoms. The van der Waals surface area contributed by atoms with Crippen molar-refractivity contribution in [3.05, 3.63) is 29.3 Å². The molecule has 0 N–H and O–H groups in total. The molecule has 1 aromatic rings. The van der Waals surface area contributed by atoms with Gasteiger partial charge in [0.25, 0.3) is 0 Å². The Hall–Kier alpha value is -0.980. The average molecular weight is 190 g/mol. The van der Waals surface area contributed by atoms with Crippen LogP contribution in [0.4, 0.5) is 0 Å². The molecule has 0 radical (unpaired) electrons. The van der Waals surface area contributed by atoms with Crippen LogP contribution in [0.2, 0.25) is 0 Å². The maximum absolute atomic E-state index is 5.75. The summed E-state index contributed by atoms with van der Waals surface area (Å²) in [7, 11) is 0. The van der Waals surface area contributed by atoms with Gasteiger partial charge in [-0.05, 0) is 49.3 Å². The van der Waals surface area contributed by atoms with Gasteiger partial charge in [-0.25, -0.2) is 0 Å². The summed E-state index contributed by atoms with van der Waals surface area (Å²) in [4.78, 5) is 0. The quantitative estimate of drug-likeness (QED) is 0.710. The first-order chi connectivity index (χ1) is 6.92. The Kier molecular flexibility index (Phi) is 3.07. The number of ether oxygens (including phenoxy) is 1. The van der Waals surface area contributed by atoms with Gasteiger partial charge in [0, 0.05) is 0 Å². The molecule has 0 bridgehead atoms. The van der Waals surface area contributed by atoms with E-state index >= 15 is 0 Å². The zero-order chi connectivity index (χ0) is 9.80. The minimum absolute atomic E-state index is 0.844. The van der Waals surface area contributed by atoms with Crippen molar-refractivity contribution in [2.75, 3.05) is 6.61 Å². The SMILES string of the molecule is CCCOc1cccc2c1CCCC2. The first-order valence-electron chi connectivity index (χ1n) is 5.65. The minimum atomic E-state index is 0.844. The monoisotopic (exact) mass is 190 g/mol. The van der Waals surface area contributed by atoms with E-state index in [1.54, 1.807) is 0 Å². The molecule has 1 aliphatic carbocycles. The Morgan fingerprint density at radius 3 is 2.93 bits per heavy atom. The van der Waals surface area contributed by atoms with Crippen LogP contribution in [-0.2, 0) is 12.8 Å². The van der Waals surface area contributed by atoms with Crippen molar-refractivity contribution in [2.24, 2.45) is 0 Å². The van der Waals surface area contributed by atoms with Gasteiger partial charge in [0.1, 0.15) is 5.75 Å². The summed E-state index contributed by atoms with van der Waals surface area (Å²) < 4.78 is 5.75. The number of hydrogen-bond acceptors (Lipinski definition) is 1. The van der Waals surface area contributed by atoms with Crippen LogP contribution in [0.1, 0.15) is 37.3 Å². The molecule has 0 saturated heterocycles. The van der Waals surface area contributed by atoms with E-state index in [1.807, 2.05) is 0 Å². The van der Waals surface area contributed by atoms with Gasteiger partial charge in [-0.15, -0.1) is 0 Å². The predicted molar refractivity (Wildman–Crippen MR) is 58.9 cm³/mol. The van der Waals surface area contributed by atoms with Gasteiger partial charge in [-0.1, -0.05) is 19.1 Å². The second kappa shape index (κ2) is 4.50. The molecule has 2 rings (SSSR count). The van der Waals surface area contributed by atoms with Crippen LogP contribution in [0, 0.1) is 0 Å². The third-order valence-corrected chi connectivity index (χ3v) is 2.81. The van der Waals surface area contributed by atoms with E-state index in [0.29, 0.717) is 0 Å². The third kappa shape index (κ3) is 1.92. The Morgan fingerprint density at radius 2 is 2.07 bits per heavy atom. The van der Waals surface area contributed by atoms with E-state index in [1.165, 1.54) is 36.8 Å². The van der Waals surface area contributed by atoms with Crippen molar-refractivity contribution < 1.29 is 4.74 Å². The summed E-state index contributed by atoms with van der Waals surface area (Å²) in [5, 5.41) is 0. The molecule has 0 aliphatic heterocycles. The van der Waals surface area contributed by atoms with E-state index in [-0.39, 0.29) is 0 Å². The van der Waals surface area contributed by atoms with Crippen LogP contribution in [0.25, 0.3) is 0 Å². The van der Waals surface area contributed by atoms with Gasteiger partial charge in [-0.2, -0.15) is 0 Å². The van der Waals surface area contributed by atoms with Crippen molar-refractivity contribution in [1.82, 2.24) is 0 Å². The summed E-state index contributed by atoms with van der Waals surface area (Å²) >= 11 is 0. The van der Waals surface area contributed by atoms with Crippen LogP contribution in [0.15, 0.2) is 18.2 Å². The van der Waals surface area contributed by atoms with Crippen molar-refractivity contribution in [3.63, 3.8) is 0 Å². The molecule has 0 heterocycles. The van der Waals surface area contributed by atoms with Crippen molar-refractivity contribution in [3.8, 4) is 5.75 Å². The molecule has 0 spiro atoms. The second-order valence-corrected chi connectivity index (χ2v) is 3.95. The molecular formula is C13H18O. The van der Waals surface area contributed by atoms with Gasteiger partial charge in [0.2, 0.25) is 0 Å². The van der Waals surface area contributed by atoms with E-state index in [4.69, 9.17) is 4.74 Å². The fourth-order valence-electron chi connectivity index (χ4n) is 2.09. The first kappa shape index (κ1) is 9.57. The Balaban J connectivity index is 2.21. The molecule has 0 atom stereocenters. The summed E-state index contributed by atoms with van der Waals surface area (Å²) in [6.45, 7) is 2.99. The molecule has 0 aromatic heterocycles. The molecule has 1 nitrogen and oxygen atoms in total. The van der Waals surface area contributed by atoms with Gasteiger partial charge in [0.15, 0.2) is 0 Å². The fourth-order valence-corrected chi connectivity index (χ4v) is 2.09. The fraction of sp³-hybridized carbons (Fsp3) is 0.538. The largest absolute Gasteiger partial charge is 0.493 e. The second-order valence-electron chi connectivity index (χ2n) is 3.95. The number of hydrogen-bond donors (Lipinski definition) is 0. The molecule has 0 amide bonds. The molecule has 1 aromatic carbocycles. The smallest absolute Gasteiger partial charge is 0.122 e. The first-order valence-corrected chi connectivity index (χ1v) is 5.65. The maximum Gasteiger partial charge on any atom is 0.122 e. The van der Waals surface area contributed by atoms with Gasteiger partial charge in [0.05, 0.1) is 6.61 Å². The normalized spacial score (nSPS) is 14.9. The summed E-state index contributed by atoms with van der Waals surface area (Å²) in [5.74, 6) is 1.13. The number of aryl methyl sites for hydroxylation is 1. The Bertz CT molecular complexity index is 304. The van der Waals surface area contributed by atoms with Crippen molar-refractivity contribution in [2.45, 2.75) is 39.0 Å². The van der Waals surface area contributed by atoms with Crippen LogP contribution < -0.4 is 4.74 Å². The molecule has 1 aliphatic rings. The number of rotatable bonds is 3. The lowest BCUT2D eigenvalue weighted by Gasteiger charge is -2.19. The van der Waals surface area contributed by atoms with Gasteiger partial charge in [-0.3, -0.25) is 0 Å². The topological polar surface area (TPSA) is 9.23 Å². The van der Waals surface area contributed by atoms with E-state index in [2.05, 4.69) is 25.1 Å². The summed E-state index contributed by atoms with van der Waals surface area (Å²) in [6.07, 6.45) is 6.18. The molecule has 14 heavy (non-hydrogen) atoms. The molecular weight excluding hydrogens is 172 g/mol. The third-order valence-electron chi connectivity index (χ3n) is 2.81. The highest BCUT2D eigenvalue weighted by atomic mass is 16.5. The molecule has 76 valence electrons. The zero-order valence-corrected chi connectivity index (χ0v) is 8.88. The molecule has 0 saturated carbocycles. The standard InChI is InChI=1S/C13H18O/c1-2-10-14-13-9-5-7-11-6-3-4-8-12(11)13/h5,7,9H,2-4,6,8,10H2,1H3. The van der Waals surface area contributed by atoms with E-state index in [0.717, 1.165) is 18.8 Å². The van der Waals surface area contributed by atoms with Crippen molar-refractivity contribution in [1.29, 1.82) is 0 Å². The minimum Gasteiger partial charge on any atom is -0.493 e. The number of benzene rings is 1. The van der Waals surface area contributed by atoms with Crippen LogP contribution >= 0.6 is 0 Å².